The molecule has 0 unspecified atom stereocenters. The minimum absolute atomic E-state index is 1.17. The molecule has 0 atom stereocenters. The van der Waals surface area contributed by atoms with Crippen LogP contribution in [0.3, 0.4) is 0 Å². The summed E-state index contributed by atoms with van der Waals surface area (Å²) in [6.07, 6.45) is 3.47. The Balaban J connectivity index is 2.45. The molecule has 0 aliphatic carbocycles. The normalized spacial score (nSPS) is 10.3. The van der Waals surface area contributed by atoms with Crippen LogP contribution in [-0.2, 0) is 0 Å². The molecular formula is C9H8OS. The Bertz CT molecular complexity index is 332. The maximum atomic E-state index is 4.98. The lowest BCUT2D eigenvalue weighted by Crippen LogP contribution is -1.58. The molecule has 2 aromatic rings. The first-order chi connectivity index (χ1) is 5.36. The van der Waals surface area contributed by atoms with Crippen LogP contribution in [0.5, 0.6) is 0 Å². The number of hydrogen-bond donors (Lipinski definition) is 0. The molecule has 0 aliphatic heterocycles. The maximum Gasteiger partial charge on any atom is 0.0989 e. The first kappa shape index (κ1) is 6.68. The van der Waals surface area contributed by atoms with E-state index in [9.17, 15) is 0 Å². The first-order valence-corrected chi connectivity index (χ1v) is 4.27. The molecule has 1 nitrogen and oxygen atoms in total. The van der Waals surface area contributed by atoms with Gasteiger partial charge in [-0.05, 0) is 25.1 Å². The predicted octanol–water partition coefficient (Wildman–Crippen LogP) is 3.32. The summed E-state index contributed by atoms with van der Waals surface area (Å²) in [5, 5.41) is 0. The lowest BCUT2D eigenvalue weighted by molar-refractivity contribution is 0.568. The molecule has 2 rings (SSSR count). The van der Waals surface area contributed by atoms with Gasteiger partial charge in [-0.2, -0.15) is 0 Å². The van der Waals surface area contributed by atoms with Crippen molar-refractivity contribution in [3.8, 4) is 10.4 Å². The summed E-state index contributed by atoms with van der Waals surface area (Å²) >= 11 is 1.79. The summed E-state index contributed by atoms with van der Waals surface area (Å²) in [4.78, 5) is 2.61. The molecule has 2 heterocycles. The number of thiophene rings is 1. The predicted molar refractivity (Wildman–Crippen MR) is 46.8 cm³/mol. The van der Waals surface area contributed by atoms with E-state index in [4.69, 9.17) is 4.42 Å². The second-order valence-electron chi connectivity index (χ2n) is 2.42. The van der Waals surface area contributed by atoms with Crippen molar-refractivity contribution in [1.82, 2.24) is 0 Å². The fraction of sp³-hybridized carbons (Fsp3) is 0.111. The quantitative estimate of drug-likeness (QED) is 0.630. The first-order valence-electron chi connectivity index (χ1n) is 3.45. The summed E-state index contributed by atoms with van der Waals surface area (Å²) in [5.41, 5.74) is 1.17. The molecule has 0 aliphatic rings. The van der Waals surface area contributed by atoms with Gasteiger partial charge in [-0.1, -0.05) is 0 Å². The van der Waals surface area contributed by atoms with Gasteiger partial charge in [-0.15, -0.1) is 11.3 Å². The van der Waals surface area contributed by atoms with Gasteiger partial charge >= 0.3 is 0 Å². The number of rotatable bonds is 1. The highest BCUT2D eigenvalue weighted by Crippen LogP contribution is 2.27. The SMILES string of the molecule is Cc1ccc(-c2ccoc2)s1. The lowest BCUT2D eigenvalue weighted by Gasteiger charge is -1.85. The minimum atomic E-state index is 1.17. The van der Waals surface area contributed by atoms with E-state index >= 15 is 0 Å². The summed E-state index contributed by atoms with van der Waals surface area (Å²) < 4.78 is 4.98. The zero-order chi connectivity index (χ0) is 7.68. The van der Waals surface area contributed by atoms with Crippen molar-refractivity contribution in [1.29, 1.82) is 0 Å². The minimum Gasteiger partial charge on any atom is -0.472 e. The van der Waals surface area contributed by atoms with Crippen LogP contribution in [0.1, 0.15) is 4.88 Å². The molecule has 0 N–H and O–H groups in total. The fourth-order valence-electron chi connectivity index (χ4n) is 0.994. The van der Waals surface area contributed by atoms with Crippen LogP contribution in [0, 0.1) is 6.92 Å². The van der Waals surface area contributed by atoms with Gasteiger partial charge in [0.05, 0.1) is 12.5 Å². The van der Waals surface area contributed by atoms with Gasteiger partial charge in [0, 0.05) is 15.3 Å². The molecule has 2 aromatic heterocycles. The molecule has 0 fully saturated rings. The monoisotopic (exact) mass is 164 g/mol. The van der Waals surface area contributed by atoms with E-state index in [0.29, 0.717) is 0 Å². The molecule has 0 spiro atoms. The standard InChI is InChI=1S/C9H8OS/c1-7-2-3-9(11-7)8-4-5-10-6-8/h2-6H,1H3. The molecule has 56 valence electrons. The zero-order valence-corrected chi connectivity index (χ0v) is 7.02. The maximum absolute atomic E-state index is 4.98. The van der Waals surface area contributed by atoms with E-state index in [1.807, 2.05) is 6.07 Å². The fourth-order valence-corrected chi connectivity index (χ4v) is 1.85. The third kappa shape index (κ3) is 1.21. The van der Waals surface area contributed by atoms with Gasteiger partial charge in [0.1, 0.15) is 0 Å². The van der Waals surface area contributed by atoms with Gasteiger partial charge in [-0.3, -0.25) is 0 Å². The number of furan rings is 1. The lowest BCUT2D eigenvalue weighted by atomic mass is 10.3. The van der Waals surface area contributed by atoms with Crippen LogP contribution >= 0.6 is 11.3 Å². The topological polar surface area (TPSA) is 13.1 Å². The van der Waals surface area contributed by atoms with E-state index in [1.54, 1.807) is 23.9 Å². The molecule has 0 saturated heterocycles. The van der Waals surface area contributed by atoms with Gasteiger partial charge < -0.3 is 4.42 Å². The van der Waals surface area contributed by atoms with Gasteiger partial charge in [0.2, 0.25) is 0 Å². The Hall–Kier alpha value is -1.02. The van der Waals surface area contributed by atoms with Crippen LogP contribution in [0.2, 0.25) is 0 Å². The van der Waals surface area contributed by atoms with E-state index in [-0.39, 0.29) is 0 Å². The second-order valence-corrected chi connectivity index (χ2v) is 3.71. The van der Waals surface area contributed by atoms with Crippen molar-refractivity contribution in [3.05, 3.63) is 35.6 Å². The molecule has 2 heteroatoms. The van der Waals surface area contributed by atoms with E-state index < -0.39 is 0 Å². The molecule has 0 radical (unpaired) electrons. The average molecular weight is 164 g/mol. The average Bonchev–Trinajstić information content (AvgIpc) is 2.55. The van der Waals surface area contributed by atoms with Crippen LogP contribution < -0.4 is 0 Å². The Morgan fingerprint density at radius 3 is 2.73 bits per heavy atom. The molecular weight excluding hydrogens is 156 g/mol. The highest BCUT2D eigenvalue weighted by molar-refractivity contribution is 7.15. The second kappa shape index (κ2) is 2.55. The summed E-state index contributed by atoms with van der Waals surface area (Å²) in [6.45, 7) is 2.11. The van der Waals surface area contributed by atoms with Crippen molar-refractivity contribution in [2.45, 2.75) is 6.92 Å². The molecule has 11 heavy (non-hydrogen) atoms. The molecule has 0 bridgehead atoms. The molecule has 0 aromatic carbocycles. The van der Waals surface area contributed by atoms with E-state index in [0.717, 1.165) is 0 Å². The van der Waals surface area contributed by atoms with Crippen LogP contribution in [0.4, 0.5) is 0 Å². The molecule has 0 saturated carbocycles. The van der Waals surface area contributed by atoms with E-state index in [1.165, 1.54) is 15.3 Å². The Morgan fingerprint density at radius 1 is 1.27 bits per heavy atom. The number of hydrogen-bond acceptors (Lipinski definition) is 2. The van der Waals surface area contributed by atoms with Crippen molar-refractivity contribution >= 4 is 11.3 Å². The Labute approximate surface area is 69.3 Å². The summed E-state index contributed by atoms with van der Waals surface area (Å²) in [6, 6.07) is 6.21. The number of aryl methyl sites for hydroxylation is 1. The highest BCUT2D eigenvalue weighted by Gasteiger charge is 1.99. The van der Waals surface area contributed by atoms with Crippen molar-refractivity contribution in [3.63, 3.8) is 0 Å². The Kier molecular flexibility index (Phi) is 1.55. The van der Waals surface area contributed by atoms with Crippen molar-refractivity contribution in [2.24, 2.45) is 0 Å². The van der Waals surface area contributed by atoms with Crippen molar-refractivity contribution in [2.75, 3.05) is 0 Å². The van der Waals surface area contributed by atoms with Crippen LogP contribution in [-0.4, -0.2) is 0 Å². The largest absolute Gasteiger partial charge is 0.472 e. The highest BCUT2D eigenvalue weighted by atomic mass is 32.1. The van der Waals surface area contributed by atoms with Gasteiger partial charge in [0.25, 0.3) is 0 Å². The smallest absolute Gasteiger partial charge is 0.0989 e. The summed E-state index contributed by atoms with van der Waals surface area (Å²) in [7, 11) is 0. The summed E-state index contributed by atoms with van der Waals surface area (Å²) in [5.74, 6) is 0. The van der Waals surface area contributed by atoms with E-state index in [2.05, 4.69) is 19.1 Å². The third-order valence-corrected chi connectivity index (χ3v) is 2.60. The van der Waals surface area contributed by atoms with Gasteiger partial charge in [0.15, 0.2) is 0 Å². The van der Waals surface area contributed by atoms with Crippen molar-refractivity contribution < 1.29 is 4.42 Å². The van der Waals surface area contributed by atoms with Crippen LogP contribution in [0.25, 0.3) is 10.4 Å². The van der Waals surface area contributed by atoms with Gasteiger partial charge in [-0.25, -0.2) is 0 Å². The van der Waals surface area contributed by atoms with Crippen LogP contribution in [0.15, 0.2) is 35.1 Å². The zero-order valence-electron chi connectivity index (χ0n) is 6.20. The Morgan fingerprint density at radius 2 is 2.18 bits per heavy atom. The third-order valence-electron chi connectivity index (χ3n) is 1.55. The molecule has 0 amide bonds.